The lowest BCUT2D eigenvalue weighted by Gasteiger charge is -2.08. The summed E-state index contributed by atoms with van der Waals surface area (Å²) < 4.78 is 0. The van der Waals surface area contributed by atoms with Crippen molar-refractivity contribution in [3.63, 3.8) is 0 Å². The van der Waals surface area contributed by atoms with Crippen molar-refractivity contribution in [2.45, 2.75) is 13.3 Å². The van der Waals surface area contributed by atoms with E-state index >= 15 is 0 Å². The minimum absolute atomic E-state index is 0.0935. The van der Waals surface area contributed by atoms with Gasteiger partial charge in [-0.05, 0) is 30.7 Å². The van der Waals surface area contributed by atoms with Gasteiger partial charge in [-0.2, -0.15) is 0 Å². The largest absolute Gasteiger partial charge is 0.366 e. The number of nitrogens with two attached hydrogens (primary N) is 1. The van der Waals surface area contributed by atoms with Crippen molar-refractivity contribution in [3.05, 3.63) is 29.8 Å². The molecule has 20 heavy (non-hydrogen) atoms. The lowest BCUT2D eigenvalue weighted by atomic mass is 10.2. The van der Waals surface area contributed by atoms with E-state index in [0.717, 1.165) is 0 Å². The Labute approximate surface area is 116 Å². The number of anilines is 1. The van der Waals surface area contributed by atoms with Crippen LogP contribution in [0, 0.1) is 0 Å². The minimum atomic E-state index is -0.515. The molecule has 1 aromatic carbocycles. The van der Waals surface area contributed by atoms with Gasteiger partial charge in [0.15, 0.2) is 0 Å². The molecule has 0 unspecified atom stereocenters. The summed E-state index contributed by atoms with van der Waals surface area (Å²) in [6.45, 7) is 2.41. The zero-order valence-corrected chi connectivity index (χ0v) is 11.2. The summed E-state index contributed by atoms with van der Waals surface area (Å²) in [4.78, 5) is 33.0. The smallest absolute Gasteiger partial charge is 0.319 e. The Bertz CT molecular complexity index is 485. The maximum Gasteiger partial charge on any atom is 0.319 e. The number of rotatable bonds is 6. The summed E-state index contributed by atoms with van der Waals surface area (Å²) in [6, 6.07) is 5.91. The van der Waals surface area contributed by atoms with E-state index < -0.39 is 5.91 Å². The molecule has 0 aliphatic carbocycles. The van der Waals surface area contributed by atoms with Gasteiger partial charge in [-0.1, -0.05) is 0 Å². The van der Waals surface area contributed by atoms with E-state index in [-0.39, 0.29) is 11.9 Å². The number of hydrogen-bond donors (Lipinski definition) is 4. The molecule has 108 valence electrons. The molecule has 0 heterocycles. The van der Waals surface area contributed by atoms with Crippen molar-refractivity contribution in [2.75, 3.05) is 18.4 Å². The molecule has 1 aromatic rings. The van der Waals surface area contributed by atoms with E-state index in [9.17, 15) is 14.4 Å². The van der Waals surface area contributed by atoms with Crippen LogP contribution in [-0.4, -0.2) is 30.9 Å². The van der Waals surface area contributed by atoms with Gasteiger partial charge in [-0.3, -0.25) is 9.59 Å². The van der Waals surface area contributed by atoms with Crippen LogP contribution in [0.1, 0.15) is 23.7 Å². The fourth-order valence-electron chi connectivity index (χ4n) is 1.45. The second-order valence-corrected chi connectivity index (χ2v) is 4.16. The van der Waals surface area contributed by atoms with Gasteiger partial charge in [0.05, 0.1) is 0 Å². The highest BCUT2D eigenvalue weighted by molar-refractivity contribution is 5.94. The van der Waals surface area contributed by atoms with Gasteiger partial charge < -0.3 is 21.7 Å². The van der Waals surface area contributed by atoms with E-state index in [2.05, 4.69) is 16.0 Å². The van der Waals surface area contributed by atoms with Gasteiger partial charge in [-0.25, -0.2) is 4.79 Å². The molecule has 0 radical (unpaired) electrons. The van der Waals surface area contributed by atoms with Crippen molar-refractivity contribution < 1.29 is 14.4 Å². The average molecular weight is 278 g/mol. The van der Waals surface area contributed by atoms with Gasteiger partial charge in [0.1, 0.15) is 0 Å². The summed E-state index contributed by atoms with van der Waals surface area (Å²) >= 11 is 0. The van der Waals surface area contributed by atoms with E-state index in [4.69, 9.17) is 5.73 Å². The molecule has 0 saturated heterocycles. The predicted octanol–water partition coefficient (Wildman–Crippen LogP) is 0.433. The molecule has 1 rings (SSSR count). The second kappa shape index (κ2) is 7.78. The fraction of sp³-hybridized carbons (Fsp3) is 0.308. The Morgan fingerprint density at radius 3 is 2.20 bits per heavy atom. The number of hydrogen-bond acceptors (Lipinski definition) is 3. The Balaban J connectivity index is 2.28. The number of amides is 4. The molecule has 7 nitrogen and oxygen atoms in total. The topological polar surface area (TPSA) is 113 Å². The van der Waals surface area contributed by atoms with E-state index in [0.29, 0.717) is 30.8 Å². The summed E-state index contributed by atoms with van der Waals surface area (Å²) in [5, 5.41) is 7.90. The zero-order chi connectivity index (χ0) is 15.0. The van der Waals surface area contributed by atoms with Crippen LogP contribution in [0.2, 0.25) is 0 Å². The van der Waals surface area contributed by atoms with Crippen molar-refractivity contribution in [1.82, 2.24) is 10.6 Å². The monoisotopic (exact) mass is 278 g/mol. The Morgan fingerprint density at radius 2 is 1.65 bits per heavy atom. The Kier molecular flexibility index (Phi) is 6.02. The molecule has 0 aliphatic heterocycles. The van der Waals surface area contributed by atoms with Crippen LogP contribution >= 0.6 is 0 Å². The number of nitrogens with one attached hydrogen (secondary N) is 3. The second-order valence-electron chi connectivity index (χ2n) is 4.16. The molecule has 5 N–H and O–H groups in total. The number of carbonyl (C=O) groups excluding carboxylic acids is 3. The summed E-state index contributed by atoms with van der Waals surface area (Å²) in [6.07, 6.45) is 0.646. The third-order valence-electron chi connectivity index (χ3n) is 2.44. The SMILES string of the molecule is CC(=O)NCCCNC(=O)Nc1ccc(C(N)=O)cc1. The zero-order valence-electron chi connectivity index (χ0n) is 11.2. The molecule has 4 amide bonds. The molecule has 0 bridgehead atoms. The summed E-state index contributed by atoms with van der Waals surface area (Å²) in [5.74, 6) is -0.608. The van der Waals surface area contributed by atoms with Crippen LogP contribution in [0.5, 0.6) is 0 Å². The molecule has 0 saturated carbocycles. The van der Waals surface area contributed by atoms with Gasteiger partial charge in [0, 0.05) is 31.3 Å². The van der Waals surface area contributed by atoms with Gasteiger partial charge in [0.2, 0.25) is 11.8 Å². The maximum absolute atomic E-state index is 11.5. The number of benzene rings is 1. The normalized spacial score (nSPS) is 9.65. The quantitative estimate of drug-likeness (QED) is 0.566. The molecule has 0 spiro atoms. The van der Waals surface area contributed by atoms with Gasteiger partial charge in [0.25, 0.3) is 0 Å². The van der Waals surface area contributed by atoms with Crippen LogP contribution in [-0.2, 0) is 4.79 Å². The summed E-state index contributed by atoms with van der Waals surface area (Å²) in [5.41, 5.74) is 6.06. The highest BCUT2D eigenvalue weighted by Crippen LogP contribution is 2.08. The van der Waals surface area contributed by atoms with Crippen molar-refractivity contribution in [2.24, 2.45) is 5.73 Å². The highest BCUT2D eigenvalue weighted by Gasteiger charge is 2.03. The van der Waals surface area contributed by atoms with Crippen LogP contribution in [0.3, 0.4) is 0 Å². The molecule has 0 aromatic heterocycles. The standard InChI is InChI=1S/C13H18N4O3/c1-9(18)15-7-2-8-16-13(20)17-11-5-3-10(4-6-11)12(14)19/h3-6H,2,7-8H2,1H3,(H2,14,19)(H,15,18)(H2,16,17,20). The number of urea groups is 1. The first-order valence-corrected chi connectivity index (χ1v) is 6.18. The molecular weight excluding hydrogens is 260 g/mol. The number of primary amides is 1. The maximum atomic E-state index is 11.5. The van der Waals surface area contributed by atoms with Gasteiger partial charge >= 0.3 is 6.03 Å². The molecule has 7 heteroatoms. The first-order chi connectivity index (χ1) is 9.49. The highest BCUT2D eigenvalue weighted by atomic mass is 16.2. The van der Waals surface area contributed by atoms with Crippen molar-refractivity contribution in [3.8, 4) is 0 Å². The first kappa shape index (κ1) is 15.5. The molecular formula is C13H18N4O3. The van der Waals surface area contributed by atoms with Gasteiger partial charge in [-0.15, -0.1) is 0 Å². The predicted molar refractivity (Wildman–Crippen MR) is 75.3 cm³/mol. The lowest BCUT2D eigenvalue weighted by molar-refractivity contribution is -0.118. The van der Waals surface area contributed by atoms with Crippen molar-refractivity contribution in [1.29, 1.82) is 0 Å². The Morgan fingerprint density at radius 1 is 1.05 bits per heavy atom. The van der Waals surface area contributed by atoms with Crippen LogP contribution < -0.4 is 21.7 Å². The minimum Gasteiger partial charge on any atom is -0.366 e. The van der Waals surface area contributed by atoms with Crippen LogP contribution in [0.4, 0.5) is 10.5 Å². The first-order valence-electron chi connectivity index (χ1n) is 6.18. The van der Waals surface area contributed by atoms with Crippen LogP contribution in [0.15, 0.2) is 24.3 Å². The van der Waals surface area contributed by atoms with E-state index in [1.807, 2.05) is 0 Å². The van der Waals surface area contributed by atoms with E-state index in [1.165, 1.54) is 19.1 Å². The lowest BCUT2D eigenvalue weighted by Crippen LogP contribution is -2.32. The summed E-state index contributed by atoms with van der Waals surface area (Å²) in [7, 11) is 0. The molecule has 0 atom stereocenters. The van der Waals surface area contributed by atoms with Crippen molar-refractivity contribution >= 4 is 23.5 Å². The Hall–Kier alpha value is -2.57. The molecule has 0 aliphatic rings. The van der Waals surface area contributed by atoms with E-state index in [1.54, 1.807) is 12.1 Å². The fourth-order valence-corrected chi connectivity index (χ4v) is 1.45. The third-order valence-corrected chi connectivity index (χ3v) is 2.44. The third kappa shape index (κ3) is 5.85. The average Bonchev–Trinajstić information content (AvgIpc) is 2.38. The number of carbonyl (C=O) groups is 3. The molecule has 0 fully saturated rings. The van der Waals surface area contributed by atoms with Crippen LogP contribution in [0.25, 0.3) is 0 Å².